The van der Waals surface area contributed by atoms with E-state index in [2.05, 4.69) is 10.6 Å². The van der Waals surface area contributed by atoms with Crippen LogP contribution in [0.4, 0.5) is 9.59 Å². The molecule has 3 atom stereocenters. The molecule has 0 bridgehead atoms. The molecule has 0 aromatic carbocycles. The van der Waals surface area contributed by atoms with Gasteiger partial charge >= 0.3 is 12.2 Å². The molecule has 0 aromatic heterocycles. The minimum atomic E-state index is -0.594. The van der Waals surface area contributed by atoms with Gasteiger partial charge in [0.15, 0.2) is 0 Å². The van der Waals surface area contributed by atoms with Crippen LogP contribution >= 0.6 is 0 Å². The third kappa shape index (κ3) is 8.64. The summed E-state index contributed by atoms with van der Waals surface area (Å²) in [7, 11) is 0. The third-order valence-electron chi connectivity index (χ3n) is 3.12. The van der Waals surface area contributed by atoms with Crippen molar-refractivity contribution in [2.24, 2.45) is 0 Å². The van der Waals surface area contributed by atoms with Gasteiger partial charge in [0.05, 0.1) is 6.10 Å². The number of hydrogen-bond acceptors (Lipinski definition) is 5. The number of carbonyl (C=O) groups is 2. The molecule has 1 aliphatic rings. The molecular weight excluding hydrogens is 300 g/mol. The number of aliphatic hydroxyl groups is 1. The Hall–Kier alpha value is -1.50. The molecule has 0 aromatic rings. The summed E-state index contributed by atoms with van der Waals surface area (Å²) in [5.41, 5.74) is -1.16. The maximum Gasteiger partial charge on any atom is 0.407 e. The van der Waals surface area contributed by atoms with Gasteiger partial charge in [0.1, 0.15) is 11.2 Å². The van der Waals surface area contributed by atoms with Crippen molar-refractivity contribution in [3.8, 4) is 0 Å². The zero-order valence-corrected chi connectivity index (χ0v) is 14.9. The number of amides is 2. The molecule has 2 amide bonds. The second-order valence-corrected chi connectivity index (χ2v) is 8.05. The summed E-state index contributed by atoms with van der Waals surface area (Å²) in [6.45, 7) is 10.7. The molecule has 0 radical (unpaired) electrons. The maximum atomic E-state index is 11.8. The third-order valence-corrected chi connectivity index (χ3v) is 3.12. The first-order valence-corrected chi connectivity index (χ1v) is 8.01. The predicted octanol–water partition coefficient (Wildman–Crippen LogP) is 2.32. The Bertz CT molecular complexity index is 387. The van der Waals surface area contributed by atoms with Crippen molar-refractivity contribution in [1.82, 2.24) is 10.6 Å². The molecular formula is C16H30N2O5. The molecule has 1 aliphatic carbocycles. The first kappa shape index (κ1) is 19.5. The van der Waals surface area contributed by atoms with Gasteiger partial charge in [-0.1, -0.05) is 0 Å². The van der Waals surface area contributed by atoms with Gasteiger partial charge in [-0.05, 0) is 60.8 Å². The van der Waals surface area contributed by atoms with Gasteiger partial charge < -0.3 is 25.2 Å². The summed E-state index contributed by atoms with van der Waals surface area (Å²) in [6.07, 6.45) is -0.239. The highest BCUT2D eigenvalue weighted by molar-refractivity contribution is 5.69. The van der Waals surface area contributed by atoms with Crippen molar-refractivity contribution in [2.75, 3.05) is 0 Å². The van der Waals surface area contributed by atoms with Gasteiger partial charge in [-0.15, -0.1) is 0 Å². The monoisotopic (exact) mass is 330 g/mol. The van der Waals surface area contributed by atoms with Crippen molar-refractivity contribution in [3.63, 3.8) is 0 Å². The van der Waals surface area contributed by atoms with Gasteiger partial charge in [0.25, 0.3) is 0 Å². The van der Waals surface area contributed by atoms with Gasteiger partial charge in [-0.3, -0.25) is 0 Å². The number of hydrogen-bond donors (Lipinski definition) is 3. The summed E-state index contributed by atoms with van der Waals surface area (Å²) in [5, 5.41) is 15.4. The van der Waals surface area contributed by atoms with E-state index in [4.69, 9.17) is 9.47 Å². The van der Waals surface area contributed by atoms with Crippen LogP contribution in [0, 0.1) is 0 Å². The molecule has 1 fully saturated rings. The maximum absolute atomic E-state index is 11.8. The molecule has 1 saturated carbocycles. The SMILES string of the molecule is CC(C)(C)OC(=O)N[C@@H]1C[C@H](O)C[C@H](NC(=O)OC(C)(C)C)C1. The fourth-order valence-corrected chi connectivity index (χ4v) is 2.47. The van der Waals surface area contributed by atoms with Gasteiger partial charge in [0.2, 0.25) is 0 Å². The van der Waals surface area contributed by atoms with E-state index in [-0.39, 0.29) is 12.1 Å². The topological polar surface area (TPSA) is 96.9 Å². The van der Waals surface area contributed by atoms with E-state index in [0.29, 0.717) is 19.3 Å². The Kier molecular flexibility index (Phi) is 6.27. The second kappa shape index (κ2) is 7.38. The highest BCUT2D eigenvalue weighted by atomic mass is 16.6. The van der Waals surface area contributed by atoms with Crippen molar-refractivity contribution < 1.29 is 24.2 Å². The smallest absolute Gasteiger partial charge is 0.407 e. The lowest BCUT2D eigenvalue weighted by Crippen LogP contribution is -2.51. The Balaban J connectivity index is 2.52. The molecule has 0 unspecified atom stereocenters. The summed E-state index contributed by atoms with van der Waals surface area (Å²) in [6, 6.07) is -0.512. The molecule has 0 heterocycles. The average Bonchev–Trinajstić information content (AvgIpc) is 2.20. The fourth-order valence-electron chi connectivity index (χ4n) is 2.47. The van der Waals surface area contributed by atoms with E-state index < -0.39 is 29.5 Å². The Morgan fingerprint density at radius 3 is 1.48 bits per heavy atom. The Labute approximate surface area is 138 Å². The lowest BCUT2D eigenvalue weighted by Gasteiger charge is -2.34. The summed E-state index contributed by atoms with van der Waals surface area (Å²) < 4.78 is 10.4. The zero-order chi connectivity index (χ0) is 17.8. The van der Waals surface area contributed by atoms with Crippen molar-refractivity contribution in [2.45, 2.75) is 90.2 Å². The first-order chi connectivity index (χ1) is 10.3. The summed E-state index contributed by atoms with van der Waals surface area (Å²) >= 11 is 0. The molecule has 1 rings (SSSR count). The summed E-state index contributed by atoms with van der Waals surface area (Å²) in [5.74, 6) is 0. The van der Waals surface area contributed by atoms with Crippen LogP contribution in [0.3, 0.4) is 0 Å². The van der Waals surface area contributed by atoms with Crippen molar-refractivity contribution in [3.05, 3.63) is 0 Å². The number of alkyl carbamates (subject to hydrolysis) is 2. The van der Waals surface area contributed by atoms with Crippen LogP contribution in [0.5, 0.6) is 0 Å². The van der Waals surface area contributed by atoms with Crippen LogP contribution in [0.25, 0.3) is 0 Å². The van der Waals surface area contributed by atoms with Crippen LogP contribution in [0.1, 0.15) is 60.8 Å². The largest absolute Gasteiger partial charge is 0.444 e. The van der Waals surface area contributed by atoms with Crippen LogP contribution in [0.2, 0.25) is 0 Å². The van der Waals surface area contributed by atoms with E-state index in [1.807, 2.05) is 0 Å². The number of rotatable bonds is 2. The Morgan fingerprint density at radius 2 is 1.17 bits per heavy atom. The highest BCUT2D eigenvalue weighted by Gasteiger charge is 2.31. The van der Waals surface area contributed by atoms with Gasteiger partial charge in [-0.2, -0.15) is 0 Å². The van der Waals surface area contributed by atoms with E-state index >= 15 is 0 Å². The van der Waals surface area contributed by atoms with Gasteiger partial charge in [0, 0.05) is 12.1 Å². The number of ether oxygens (including phenoxy) is 2. The van der Waals surface area contributed by atoms with Gasteiger partial charge in [-0.25, -0.2) is 9.59 Å². The van der Waals surface area contributed by atoms with E-state index in [1.165, 1.54) is 0 Å². The van der Waals surface area contributed by atoms with Crippen LogP contribution in [0.15, 0.2) is 0 Å². The standard InChI is InChI=1S/C16H30N2O5/c1-15(2,3)22-13(20)17-10-7-11(9-12(19)8-10)18-14(21)23-16(4,5)6/h10-12,19H,7-9H2,1-6H3,(H,17,20)(H,18,21)/t10-,11+,12-. The van der Waals surface area contributed by atoms with E-state index in [0.717, 1.165) is 0 Å². The molecule has 7 nitrogen and oxygen atoms in total. The van der Waals surface area contributed by atoms with Crippen LogP contribution in [-0.2, 0) is 9.47 Å². The number of carbonyl (C=O) groups excluding carboxylic acids is 2. The lowest BCUT2D eigenvalue weighted by atomic mass is 9.89. The normalized spacial score (nSPS) is 25.4. The lowest BCUT2D eigenvalue weighted by molar-refractivity contribution is 0.0369. The quantitative estimate of drug-likeness (QED) is 0.722. The molecule has 134 valence electrons. The fraction of sp³-hybridized carbons (Fsp3) is 0.875. The first-order valence-electron chi connectivity index (χ1n) is 8.01. The minimum Gasteiger partial charge on any atom is -0.444 e. The van der Waals surface area contributed by atoms with E-state index in [9.17, 15) is 14.7 Å². The highest BCUT2D eigenvalue weighted by Crippen LogP contribution is 2.20. The Morgan fingerprint density at radius 1 is 0.826 bits per heavy atom. The minimum absolute atomic E-state index is 0.256. The van der Waals surface area contributed by atoms with Crippen molar-refractivity contribution in [1.29, 1.82) is 0 Å². The molecule has 0 aliphatic heterocycles. The van der Waals surface area contributed by atoms with E-state index in [1.54, 1.807) is 41.5 Å². The molecule has 7 heteroatoms. The van der Waals surface area contributed by atoms with Crippen LogP contribution in [-0.4, -0.2) is 46.7 Å². The molecule has 0 saturated heterocycles. The number of nitrogens with one attached hydrogen (secondary N) is 2. The molecule has 0 spiro atoms. The van der Waals surface area contributed by atoms with Crippen molar-refractivity contribution >= 4 is 12.2 Å². The summed E-state index contributed by atoms with van der Waals surface area (Å²) in [4.78, 5) is 23.6. The molecule has 23 heavy (non-hydrogen) atoms. The molecule has 3 N–H and O–H groups in total. The second-order valence-electron chi connectivity index (χ2n) is 8.05. The van der Waals surface area contributed by atoms with Crippen LogP contribution < -0.4 is 10.6 Å². The average molecular weight is 330 g/mol. The predicted molar refractivity (Wildman–Crippen MR) is 86.2 cm³/mol. The number of aliphatic hydroxyl groups excluding tert-OH is 1. The zero-order valence-electron chi connectivity index (χ0n) is 14.9.